The van der Waals surface area contributed by atoms with E-state index < -0.39 is 6.10 Å². The van der Waals surface area contributed by atoms with E-state index in [1.807, 2.05) is 41.2 Å². The number of aliphatic hydroxyl groups excluding tert-OH is 1. The summed E-state index contributed by atoms with van der Waals surface area (Å²) in [5, 5.41) is 15.2. The van der Waals surface area contributed by atoms with Gasteiger partial charge in [0.15, 0.2) is 0 Å². The molecule has 4 nitrogen and oxygen atoms in total. The molecule has 4 heteroatoms. The highest BCUT2D eigenvalue weighted by molar-refractivity contribution is 5.38. The van der Waals surface area contributed by atoms with E-state index in [9.17, 15) is 5.11 Å². The van der Waals surface area contributed by atoms with Crippen LogP contribution >= 0.6 is 0 Å². The van der Waals surface area contributed by atoms with Gasteiger partial charge in [0.05, 0.1) is 23.7 Å². The molecule has 1 N–H and O–H groups in total. The lowest BCUT2D eigenvalue weighted by Gasteiger charge is -2.24. The molecule has 2 aromatic rings. The van der Waals surface area contributed by atoms with Gasteiger partial charge in [-0.1, -0.05) is 39.0 Å². The largest absolute Gasteiger partial charge is 0.388 e. The molecular formula is C19H29N3O. The van der Waals surface area contributed by atoms with Gasteiger partial charge >= 0.3 is 0 Å². The molecule has 0 fully saturated rings. The van der Waals surface area contributed by atoms with E-state index in [0.29, 0.717) is 0 Å². The SMILES string of the molecule is CN(C)CCCC(O)c1cnn(-c2ccccc2)c1C(C)(C)C. The first-order valence-electron chi connectivity index (χ1n) is 8.27. The van der Waals surface area contributed by atoms with E-state index in [2.05, 4.69) is 44.9 Å². The summed E-state index contributed by atoms with van der Waals surface area (Å²) in [6, 6.07) is 10.1. The van der Waals surface area contributed by atoms with Crippen molar-refractivity contribution in [1.82, 2.24) is 14.7 Å². The van der Waals surface area contributed by atoms with E-state index in [4.69, 9.17) is 0 Å². The first kappa shape index (κ1) is 17.7. The van der Waals surface area contributed by atoms with Gasteiger partial charge < -0.3 is 10.0 Å². The first-order chi connectivity index (χ1) is 10.8. The highest BCUT2D eigenvalue weighted by Gasteiger charge is 2.27. The number of rotatable bonds is 6. The molecule has 0 saturated heterocycles. The standard InChI is InChI=1S/C19H29N3O/c1-19(2,3)18-16(17(23)12-9-13-21(4)5)14-20-22(18)15-10-7-6-8-11-15/h6-8,10-11,14,17,23H,9,12-13H2,1-5H3. The Bertz CT molecular complexity index is 611. The number of hydrogen-bond donors (Lipinski definition) is 1. The first-order valence-corrected chi connectivity index (χ1v) is 8.27. The molecule has 1 atom stereocenters. The van der Waals surface area contributed by atoms with Gasteiger partial charge in [-0.05, 0) is 45.6 Å². The maximum atomic E-state index is 10.7. The number of benzene rings is 1. The van der Waals surface area contributed by atoms with Gasteiger partial charge in [0, 0.05) is 11.0 Å². The Balaban J connectivity index is 2.32. The van der Waals surface area contributed by atoms with Crippen molar-refractivity contribution in [3.8, 4) is 5.69 Å². The van der Waals surface area contributed by atoms with Gasteiger partial charge in [-0.15, -0.1) is 0 Å². The van der Waals surface area contributed by atoms with Gasteiger partial charge in [0.2, 0.25) is 0 Å². The molecule has 0 aliphatic rings. The normalized spacial score (nSPS) is 13.5. The van der Waals surface area contributed by atoms with Crippen LogP contribution in [0.25, 0.3) is 5.69 Å². The van der Waals surface area contributed by atoms with E-state index in [1.165, 1.54) is 0 Å². The third-order valence-corrected chi connectivity index (χ3v) is 3.95. The van der Waals surface area contributed by atoms with Crippen LogP contribution in [0.5, 0.6) is 0 Å². The molecular weight excluding hydrogens is 286 g/mol. The zero-order valence-electron chi connectivity index (χ0n) is 15.0. The van der Waals surface area contributed by atoms with Crippen LogP contribution in [-0.4, -0.2) is 40.4 Å². The lowest BCUT2D eigenvalue weighted by molar-refractivity contribution is 0.158. The van der Waals surface area contributed by atoms with Gasteiger partial charge in [0.25, 0.3) is 0 Å². The molecule has 0 aliphatic carbocycles. The number of aromatic nitrogens is 2. The van der Waals surface area contributed by atoms with Gasteiger partial charge in [0.1, 0.15) is 0 Å². The minimum absolute atomic E-state index is 0.0931. The van der Waals surface area contributed by atoms with Gasteiger partial charge in [-0.3, -0.25) is 0 Å². The van der Waals surface area contributed by atoms with Gasteiger partial charge in [-0.2, -0.15) is 5.10 Å². The van der Waals surface area contributed by atoms with Crippen LogP contribution in [0.4, 0.5) is 0 Å². The number of para-hydroxylation sites is 1. The Labute approximate surface area is 139 Å². The summed E-state index contributed by atoms with van der Waals surface area (Å²) < 4.78 is 1.96. The van der Waals surface area contributed by atoms with Crippen molar-refractivity contribution in [3.63, 3.8) is 0 Å². The average molecular weight is 315 g/mol. The monoisotopic (exact) mass is 315 g/mol. The molecule has 126 valence electrons. The minimum Gasteiger partial charge on any atom is -0.388 e. The van der Waals surface area contributed by atoms with Crippen LogP contribution in [0.2, 0.25) is 0 Å². The molecule has 1 unspecified atom stereocenters. The Morgan fingerprint density at radius 3 is 2.39 bits per heavy atom. The Kier molecular flexibility index (Phi) is 5.60. The molecule has 0 radical (unpaired) electrons. The Morgan fingerprint density at radius 2 is 1.83 bits per heavy atom. The van der Waals surface area contributed by atoms with Crippen LogP contribution in [0.1, 0.15) is 51.0 Å². The quantitative estimate of drug-likeness (QED) is 0.886. The molecule has 0 amide bonds. The smallest absolute Gasteiger partial charge is 0.0824 e. The predicted molar refractivity (Wildman–Crippen MR) is 95.0 cm³/mol. The summed E-state index contributed by atoms with van der Waals surface area (Å²) in [6.07, 6.45) is 3.07. The molecule has 1 heterocycles. The summed E-state index contributed by atoms with van der Waals surface area (Å²) in [4.78, 5) is 2.14. The third kappa shape index (κ3) is 4.43. The maximum Gasteiger partial charge on any atom is 0.0824 e. The maximum absolute atomic E-state index is 10.7. The second-order valence-corrected chi connectivity index (χ2v) is 7.41. The van der Waals surface area contributed by atoms with E-state index in [1.54, 1.807) is 0 Å². The minimum atomic E-state index is -0.471. The summed E-state index contributed by atoms with van der Waals surface area (Å²) >= 11 is 0. The Morgan fingerprint density at radius 1 is 1.17 bits per heavy atom. The Hall–Kier alpha value is -1.65. The summed E-state index contributed by atoms with van der Waals surface area (Å²) in [7, 11) is 4.11. The molecule has 0 saturated carbocycles. The second-order valence-electron chi connectivity index (χ2n) is 7.41. The highest BCUT2D eigenvalue weighted by Crippen LogP contribution is 2.33. The van der Waals surface area contributed by atoms with E-state index in [-0.39, 0.29) is 5.41 Å². The van der Waals surface area contributed by atoms with Crippen LogP contribution in [0.3, 0.4) is 0 Å². The van der Waals surface area contributed by atoms with Crippen molar-refractivity contribution < 1.29 is 5.11 Å². The summed E-state index contributed by atoms with van der Waals surface area (Å²) in [5.74, 6) is 0. The zero-order chi connectivity index (χ0) is 17.0. The van der Waals surface area contributed by atoms with E-state index >= 15 is 0 Å². The topological polar surface area (TPSA) is 41.3 Å². The summed E-state index contributed by atoms with van der Waals surface area (Å²) in [6.45, 7) is 7.48. The fourth-order valence-electron chi connectivity index (χ4n) is 2.88. The molecule has 2 rings (SSSR count). The number of hydrogen-bond acceptors (Lipinski definition) is 3. The van der Waals surface area contributed by atoms with Gasteiger partial charge in [-0.25, -0.2) is 4.68 Å². The average Bonchev–Trinajstić information content (AvgIpc) is 2.92. The summed E-state index contributed by atoms with van der Waals surface area (Å²) in [5.41, 5.74) is 2.97. The second kappa shape index (κ2) is 7.28. The molecule has 1 aromatic heterocycles. The van der Waals surface area contributed by atoms with Crippen molar-refractivity contribution in [1.29, 1.82) is 0 Å². The van der Waals surface area contributed by atoms with Crippen LogP contribution < -0.4 is 0 Å². The molecule has 0 spiro atoms. The molecule has 0 bridgehead atoms. The highest BCUT2D eigenvalue weighted by atomic mass is 16.3. The number of nitrogens with zero attached hydrogens (tertiary/aromatic N) is 3. The van der Waals surface area contributed by atoms with Crippen LogP contribution in [0, 0.1) is 0 Å². The molecule has 1 aromatic carbocycles. The third-order valence-electron chi connectivity index (χ3n) is 3.95. The fraction of sp³-hybridized carbons (Fsp3) is 0.526. The van der Waals surface area contributed by atoms with Crippen molar-refractivity contribution >= 4 is 0 Å². The lowest BCUT2D eigenvalue weighted by atomic mass is 9.87. The van der Waals surface area contributed by atoms with E-state index in [0.717, 1.165) is 36.3 Å². The fourth-order valence-corrected chi connectivity index (χ4v) is 2.88. The van der Waals surface area contributed by atoms with Crippen molar-refractivity contribution in [3.05, 3.63) is 47.8 Å². The number of aliphatic hydroxyl groups is 1. The molecule has 0 aliphatic heterocycles. The lowest BCUT2D eigenvalue weighted by Crippen LogP contribution is -2.21. The van der Waals surface area contributed by atoms with Crippen molar-refractivity contribution in [2.75, 3.05) is 20.6 Å². The van der Waals surface area contributed by atoms with Crippen LogP contribution in [-0.2, 0) is 5.41 Å². The van der Waals surface area contributed by atoms with Crippen LogP contribution in [0.15, 0.2) is 36.5 Å². The van der Waals surface area contributed by atoms with Crippen molar-refractivity contribution in [2.45, 2.75) is 45.1 Å². The zero-order valence-corrected chi connectivity index (χ0v) is 15.0. The predicted octanol–water partition coefficient (Wildman–Crippen LogP) is 3.55. The molecule has 23 heavy (non-hydrogen) atoms. The van der Waals surface area contributed by atoms with Crippen molar-refractivity contribution in [2.24, 2.45) is 0 Å².